The SMILES string of the molecule is COc1ccc(CCCC(CC(=O)OC(C)(C)C)C(=O)NCC(=O)NCCc2ccccc2)cc1.Cc1ccccc1. The van der Waals surface area contributed by atoms with E-state index in [9.17, 15) is 14.4 Å². The molecule has 0 aromatic heterocycles. The van der Waals surface area contributed by atoms with Crippen LogP contribution in [0.5, 0.6) is 5.75 Å². The molecule has 3 aromatic rings. The van der Waals surface area contributed by atoms with Crippen molar-refractivity contribution in [2.24, 2.45) is 5.92 Å². The molecule has 7 heteroatoms. The quantitative estimate of drug-likeness (QED) is 0.250. The van der Waals surface area contributed by atoms with Gasteiger partial charge in [-0.2, -0.15) is 0 Å². The van der Waals surface area contributed by atoms with Crippen LogP contribution in [-0.4, -0.2) is 43.6 Å². The highest BCUT2D eigenvalue weighted by Gasteiger charge is 2.25. The second-order valence-corrected chi connectivity index (χ2v) is 11.2. The van der Waals surface area contributed by atoms with Gasteiger partial charge >= 0.3 is 5.97 Å². The van der Waals surface area contributed by atoms with E-state index in [2.05, 4.69) is 29.7 Å². The maximum atomic E-state index is 12.9. The maximum Gasteiger partial charge on any atom is 0.307 e. The van der Waals surface area contributed by atoms with Crippen molar-refractivity contribution in [1.29, 1.82) is 0 Å². The molecule has 0 aliphatic heterocycles. The Morgan fingerprint density at radius 3 is 1.93 bits per heavy atom. The Morgan fingerprint density at radius 1 is 0.786 bits per heavy atom. The van der Waals surface area contributed by atoms with Crippen molar-refractivity contribution in [2.75, 3.05) is 20.2 Å². The molecule has 2 amide bonds. The van der Waals surface area contributed by atoms with Gasteiger partial charge in [0.25, 0.3) is 0 Å². The van der Waals surface area contributed by atoms with Crippen molar-refractivity contribution >= 4 is 17.8 Å². The minimum atomic E-state index is -0.625. The first kappa shape index (κ1) is 34.1. The molecular weight excluding hydrogens is 528 g/mol. The summed E-state index contributed by atoms with van der Waals surface area (Å²) in [6, 6.07) is 27.9. The zero-order valence-electron chi connectivity index (χ0n) is 25.7. The number of hydrogen-bond donors (Lipinski definition) is 2. The van der Waals surface area contributed by atoms with Crippen molar-refractivity contribution in [3.05, 3.63) is 102 Å². The highest BCUT2D eigenvalue weighted by Crippen LogP contribution is 2.19. The number of methoxy groups -OCH3 is 1. The molecule has 0 aliphatic rings. The van der Waals surface area contributed by atoms with Crippen LogP contribution in [0.25, 0.3) is 0 Å². The molecule has 3 aromatic carbocycles. The van der Waals surface area contributed by atoms with Gasteiger partial charge in [0.05, 0.1) is 20.1 Å². The number of carbonyl (C=O) groups excluding carboxylic acids is 3. The minimum absolute atomic E-state index is 0.0264. The first-order valence-electron chi connectivity index (χ1n) is 14.5. The number of rotatable bonds is 13. The number of nitrogens with one attached hydrogen (secondary N) is 2. The second kappa shape index (κ2) is 18.3. The first-order chi connectivity index (χ1) is 20.1. The van der Waals surface area contributed by atoms with E-state index in [1.165, 1.54) is 5.56 Å². The minimum Gasteiger partial charge on any atom is -0.497 e. The smallest absolute Gasteiger partial charge is 0.307 e. The molecule has 7 nitrogen and oxygen atoms in total. The topological polar surface area (TPSA) is 93.7 Å². The van der Waals surface area contributed by atoms with Gasteiger partial charge in [0.1, 0.15) is 11.4 Å². The summed E-state index contributed by atoms with van der Waals surface area (Å²) in [4.78, 5) is 37.4. The van der Waals surface area contributed by atoms with Gasteiger partial charge in [0, 0.05) is 12.5 Å². The van der Waals surface area contributed by atoms with E-state index in [1.54, 1.807) is 27.9 Å². The summed E-state index contributed by atoms with van der Waals surface area (Å²) >= 11 is 0. The molecular formula is C35H46N2O5. The summed E-state index contributed by atoms with van der Waals surface area (Å²) in [5, 5.41) is 5.50. The van der Waals surface area contributed by atoms with Crippen LogP contribution in [0.15, 0.2) is 84.9 Å². The summed E-state index contributed by atoms with van der Waals surface area (Å²) in [5.41, 5.74) is 2.95. The number of benzene rings is 3. The number of amides is 2. The third-order valence-electron chi connectivity index (χ3n) is 6.32. The van der Waals surface area contributed by atoms with Crippen LogP contribution >= 0.6 is 0 Å². The highest BCUT2D eigenvalue weighted by atomic mass is 16.6. The largest absolute Gasteiger partial charge is 0.497 e. The van der Waals surface area contributed by atoms with E-state index >= 15 is 0 Å². The summed E-state index contributed by atoms with van der Waals surface area (Å²) < 4.78 is 10.6. The zero-order valence-corrected chi connectivity index (χ0v) is 25.7. The van der Waals surface area contributed by atoms with E-state index in [4.69, 9.17) is 9.47 Å². The van der Waals surface area contributed by atoms with Gasteiger partial charge in [-0.25, -0.2) is 0 Å². The average Bonchev–Trinajstić information content (AvgIpc) is 2.96. The monoisotopic (exact) mass is 574 g/mol. The Labute approximate surface area is 251 Å². The van der Waals surface area contributed by atoms with Crippen LogP contribution in [0.3, 0.4) is 0 Å². The molecule has 2 N–H and O–H groups in total. The predicted molar refractivity (Wildman–Crippen MR) is 167 cm³/mol. The molecule has 3 rings (SSSR count). The second-order valence-electron chi connectivity index (χ2n) is 11.2. The number of hydrogen-bond acceptors (Lipinski definition) is 5. The molecule has 1 unspecified atom stereocenters. The normalized spacial score (nSPS) is 11.4. The standard InChI is InChI=1S/C28H38N2O5.C7H8/c1-28(2,3)35-26(32)19-23(12-8-11-22-13-15-24(34-4)16-14-22)27(33)30-20-25(31)29-18-17-21-9-6-5-7-10-21;1-7-5-3-2-4-6-7/h5-7,9-10,13-16,23H,8,11-12,17-20H2,1-4H3,(H,29,31)(H,30,33);2-6H,1H3. The lowest BCUT2D eigenvalue weighted by molar-refractivity contribution is -0.157. The fourth-order valence-corrected chi connectivity index (χ4v) is 4.15. The molecule has 0 saturated carbocycles. The van der Waals surface area contributed by atoms with Crippen molar-refractivity contribution in [2.45, 2.75) is 65.4 Å². The highest BCUT2D eigenvalue weighted by molar-refractivity contribution is 5.88. The number of esters is 1. The Hall–Kier alpha value is -4.13. The summed E-state index contributed by atoms with van der Waals surface area (Å²) in [6.45, 7) is 7.83. The van der Waals surface area contributed by atoms with Gasteiger partial charge < -0.3 is 20.1 Å². The third kappa shape index (κ3) is 15.0. The summed E-state index contributed by atoms with van der Waals surface area (Å²) in [5.74, 6) is -0.778. The lowest BCUT2D eigenvalue weighted by atomic mass is 9.95. The number of ether oxygens (including phenoxy) is 2. The molecule has 1 atom stereocenters. The van der Waals surface area contributed by atoms with Crippen LogP contribution < -0.4 is 15.4 Å². The first-order valence-corrected chi connectivity index (χ1v) is 14.5. The van der Waals surface area contributed by atoms with Gasteiger partial charge in [-0.05, 0) is 76.6 Å². The van der Waals surface area contributed by atoms with Crippen molar-refractivity contribution < 1.29 is 23.9 Å². The molecule has 0 bridgehead atoms. The lowest BCUT2D eigenvalue weighted by Gasteiger charge is -2.22. The molecule has 42 heavy (non-hydrogen) atoms. The Kier molecular flexibility index (Phi) is 14.9. The van der Waals surface area contributed by atoms with Gasteiger partial charge in [-0.1, -0.05) is 78.4 Å². The fourth-order valence-electron chi connectivity index (χ4n) is 4.15. The molecule has 0 saturated heterocycles. The van der Waals surface area contributed by atoms with Crippen LogP contribution in [-0.2, 0) is 32.0 Å². The fraction of sp³-hybridized carbons (Fsp3) is 0.400. The summed E-state index contributed by atoms with van der Waals surface area (Å²) in [6.07, 6.45) is 2.68. The zero-order chi connectivity index (χ0) is 30.8. The van der Waals surface area contributed by atoms with Gasteiger partial charge in [-0.3, -0.25) is 14.4 Å². The van der Waals surface area contributed by atoms with Crippen molar-refractivity contribution in [1.82, 2.24) is 10.6 Å². The van der Waals surface area contributed by atoms with E-state index in [-0.39, 0.29) is 24.8 Å². The molecule has 0 aliphatic carbocycles. The van der Waals surface area contributed by atoms with E-state index in [0.29, 0.717) is 19.4 Å². The van der Waals surface area contributed by atoms with Crippen LogP contribution in [0.2, 0.25) is 0 Å². The maximum absolute atomic E-state index is 12.9. The van der Waals surface area contributed by atoms with Crippen molar-refractivity contribution in [3.8, 4) is 5.75 Å². The Bertz CT molecular complexity index is 1210. The third-order valence-corrected chi connectivity index (χ3v) is 6.32. The Balaban J connectivity index is 0.000000766. The van der Waals surface area contributed by atoms with E-state index < -0.39 is 17.5 Å². The Morgan fingerprint density at radius 2 is 1.38 bits per heavy atom. The van der Waals surface area contributed by atoms with Gasteiger partial charge in [0.2, 0.25) is 11.8 Å². The molecule has 0 radical (unpaired) electrons. The van der Waals surface area contributed by atoms with Crippen LogP contribution in [0.1, 0.15) is 56.7 Å². The molecule has 226 valence electrons. The van der Waals surface area contributed by atoms with E-state index in [1.807, 2.05) is 72.8 Å². The van der Waals surface area contributed by atoms with Crippen LogP contribution in [0, 0.1) is 12.8 Å². The summed E-state index contributed by atoms with van der Waals surface area (Å²) in [7, 11) is 1.62. The molecule has 0 heterocycles. The van der Waals surface area contributed by atoms with Crippen LogP contribution in [0.4, 0.5) is 0 Å². The molecule has 0 spiro atoms. The predicted octanol–water partition coefficient (Wildman–Crippen LogP) is 5.84. The van der Waals surface area contributed by atoms with Gasteiger partial charge in [-0.15, -0.1) is 0 Å². The lowest BCUT2D eigenvalue weighted by Crippen LogP contribution is -2.41. The molecule has 0 fully saturated rings. The number of carbonyl (C=O) groups is 3. The van der Waals surface area contributed by atoms with Crippen molar-refractivity contribution in [3.63, 3.8) is 0 Å². The average molecular weight is 575 g/mol. The number of aryl methyl sites for hydroxylation is 2. The van der Waals surface area contributed by atoms with E-state index in [0.717, 1.165) is 29.7 Å². The van der Waals surface area contributed by atoms with Gasteiger partial charge in [0.15, 0.2) is 0 Å².